The number of amides is 1. The zero-order chi connectivity index (χ0) is 14.4. The van der Waals surface area contributed by atoms with Gasteiger partial charge in [-0.3, -0.25) is 4.79 Å². The molecule has 1 aliphatic rings. The number of nitrogens with one attached hydrogen (secondary N) is 1. The minimum absolute atomic E-state index is 0. The van der Waals surface area contributed by atoms with Gasteiger partial charge in [-0.2, -0.15) is 0 Å². The van der Waals surface area contributed by atoms with Crippen LogP contribution in [0, 0.1) is 0 Å². The fraction of sp³-hybridized carbons (Fsp3) is 0.533. The Balaban J connectivity index is 0.00000220. The van der Waals surface area contributed by atoms with Crippen molar-refractivity contribution in [2.75, 3.05) is 26.7 Å². The van der Waals surface area contributed by atoms with Gasteiger partial charge in [0, 0.05) is 24.2 Å². The van der Waals surface area contributed by atoms with Gasteiger partial charge in [-0.25, -0.2) is 0 Å². The lowest BCUT2D eigenvalue weighted by Gasteiger charge is -2.24. The number of nitrogens with zero attached hydrogens (tertiary/aromatic N) is 1. The van der Waals surface area contributed by atoms with E-state index in [1.807, 2.05) is 24.1 Å². The largest absolute Gasteiger partial charge is 0.493 e. The van der Waals surface area contributed by atoms with E-state index in [9.17, 15) is 4.79 Å². The van der Waals surface area contributed by atoms with E-state index in [0.29, 0.717) is 24.1 Å². The predicted octanol–water partition coefficient (Wildman–Crippen LogP) is 2.74. The zero-order valence-corrected chi connectivity index (χ0v) is 13.8. The van der Waals surface area contributed by atoms with E-state index in [-0.39, 0.29) is 18.3 Å². The van der Waals surface area contributed by atoms with Crippen molar-refractivity contribution in [3.8, 4) is 5.75 Å². The Morgan fingerprint density at radius 3 is 2.81 bits per heavy atom. The van der Waals surface area contributed by atoms with Gasteiger partial charge in [0.05, 0.1) is 13.0 Å². The number of hydrogen-bond acceptors (Lipinski definition) is 3. The Morgan fingerprint density at radius 1 is 1.43 bits per heavy atom. The molecule has 2 rings (SSSR count). The number of hydrogen-bond donors (Lipinski definition) is 1. The van der Waals surface area contributed by atoms with Crippen molar-refractivity contribution in [1.29, 1.82) is 0 Å². The first-order valence-electron chi connectivity index (χ1n) is 7.03. The maximum Gasteiger partial charge on any atom is 0.226 e. The molecule has 1 unspecified atom stereocenters. The lowest BCUT2D eigenvalue weighted by atomic mass is 10.2. The first kappa shape index (κ1) is 18.1. The molecule has 1 heterocycles. The van der Waals surface area contributed by atoms with Gasteiger partial charge in [-0.1, -0.05) is 11.6 Å². The number of carbonyl (C=O) groups is 1. The van der Waals surface area contributed by atoms with Gasteiger partial charge in [0.2, 0.25) is 5.91 Å². The second-order valence-electron chi connectivity index (χ2n) is 4.99. The van der Waals surface area contributed by atoms with Crippen LogP contribution in [0.5, 0.6) is 5.75 Å². The molecule has 0 bridgehead atoms. The molecule has 1 amide bonds. The summed E-state index contributed by atoms with van der Waals surface area (Å²) in [6.07, 6.45) is 2.60. The average Bonchev–Trinajstić information content (AvgIpc) is 2.90. The molecule has 118 valence electrons. The normalized spacial score (nSPS) is 17.4. The Hall–Kier alpha value is -0.970. The van der Waals surface area contributed by atoms with Gasteiger partial charge in [0.1, 0.15) is 5.75 Å². The third kappa shape index (κ3) is 5.38. The van der Waals surface area contributed by atoms with Crippen molar-refractivity contribution in [2.45, 2.75) is 25.3 Å². The van der Waals surface area contributed by atoms with E-state index in [1.54, 1.807) is 12.1 Å². The van der Waals surface area contributed by atoms with E-state index in [1.165, 1.54) is 0 Å². The molecule has 1 saturated heterocycles. The molecule has 1 N–H and O–H groups in total. The van der Waals surface area contributed by atoms with Gasteiger partial charge in [-0.05, 0) is 44.2 Å². The molecule has 1 aliphatic heterocycles. The van der Waals surface area contributed by atoms with Crippen molar-refractivity contribution >= 4 is 29.9 Å². The van der Waals surface area contributed by atoms with E-state index < -0.39 is 0 Å². The minimum atomic E-state index is 0. The summed E-state index contributed by atoms with van der Waals surface area (Å²) < 4.78 is 5.56. The van der Waals surface area contributed by atoms with E-state index >= 15 is 0 Å². The summed E-state index contributed by atoms with van der Waals surface area (Å²) in [5.74, 6) is 0.923. The van der Waals surface area contributed by atoms with Gasteiger partial charge in [0.25, 0.3) is 0 Å². The second kappa shape index (κ2) is 9.13. The monoisotopic (exact) mass is 332 g/mol. The highest BCUT2D eigenvalue weighted by molar-refractivity contribution is 6.30. The van der Waals surface area contributed by atoms with Crippen LogP contribution in [0.2, 0.25) is 5.02 Å². The standard InChI is InChI=1S/C15H21ClN2O2.ClH/c1-17-11-13-3-2-9-18(13)15(19)8-10-20-14-6-4-12(16)5-7-14;/h4-7,13,17H,2-3,8-11H2,1H3;1H. The fourth-order valence-corrected chi connectivity index (χ4v) is 2.67. The van der Waals surface area contributed by atoms with Crippen LogP contribution in [0.3, 0.4) is 0 Å². The Bertz CT molecular complexity index is 440. The molecule has 1 atom stereocenters. The topological polar surface area (TPSA) is 41.6 Å². The number of rotatable bonds is 6. The smallest absolute Gasteiger partial charge is 0.226 e. The van der Waals surface area contributed by atoms with Gasteiger partial charge in [-0.15, -0.1) is 12.4 Å². The van der Waals surface area contributed by atoms with Crippen LogP contribution < -0.4 is 10.1 Å². The minimum Gasteiger partial charge on any atom is -0.493 e. The summed E-state index contributed by atoms with van der Waals surface area (Å²) in [6, 6.07) is 7.52. The highest BCUT2D eigenvalue weighted by atomic mass is 35.5. The maximum atomic E-state index is 12.2. The molecular formula is C15H22Cl2N2O2. The van der Waals surface area contributed by atoms with Crippen molar-refractivity contribution in [3.63, 3.8) is 0 Å². The van der Waals surface area contributed by atoms with Crippen molar-refractivity contribution in [1.82, 2.24) is 10.2 Å². The lowest BCUT2D eigenvalue weighted by molar-refractivity contribution is -0.132. The molecule has 0 aliphatic carbocycles. The molecule has 1 aromatic carbocycles. The van der Waals surface area contributed by atoms with Gasteiger partial charge in [0.15, 0.2) is 0 Å². The quantitative estimate of drug-likeness (QED) is 0.870. The molecule has 0 saturated carbocycles. The summed E-state index contributed by atoms with van der Waals surface area (Å²) >= 11 is 5.81. The van der Waals surface area contributed by atoms with Gasteiger partial charge >= 0.3 is 0 Å². The molecule has 6 heteroatoms. The Kier molecular flexibility index (Phi) is 7.86. The summed E-state index contributed by atoms with van der Waals surface area (Å²) in [5.41, 5.74) is 0. The first-order valence-corrected chi connectivity index (χ1v) is 7.41. The second-order valence-corrected chi connectivity index (χ2v) is 5.43. The molecule has 0 aromatic heterocycles. The number of benzene rings is 1. The first-order chi connectivity index (χ1) is 9.70. The highest BCUT2D eigenvalue weighted by Crippen LogP contribution is 2.18. The van der Waals surface area contributed by atoms with Crippen molar-refractivity contribution in [2.24, 2.45) is 0 Å². The van der Waals surface area contributed by atoms with Crippen molar-refractivity contribution in [3.05, 3.63) is 29.3 Å². The van der Waals surface area contributed by atoms with Crippen molar-refractivity contribution < 1.29 is 9.53 Å². The van der Waals surface area contributed by atoms with Crippen LogP contribution in [-0.4, -0.2) is 43.6 Å². The molecular weight excluding hydrogens is 311 g/mol. The summed E-state index contributed by atoms with van der Waals surface area (Å²) in [5, 5.41) is 3.83. The van der Waals surface area contributed by atoms with Crippen LogP contribution in [-0.2, 0) is 4.79 Å². The van der Waals surface area contributed by atoms with E-state index in [4.69, 9.17) is 16.3 Å². The Morgan fingerprint density at radius 2 is 2.14 bits per heavy atom. The van der Waals surface area contributed by atoms with Crippen LogP contribution in [0.4, 0.5) is 0 Å². The van der Waals surface area contributed by atoms with Crippen LogP contribution in [0.25, 0.3) is 0 Å². The third-order valence-electron chi connectivity index (χ3n) is 3.54. The summed E-state index contributed by atoms with van der Waals surface area (Å²) in [6.45, 7) is 2.14. The number of likely N-dealkylation sites (N-methyl/N-ethyl adjacent to an activating group) is 1. The zero-order valence-electron chi connectivity index (χ0n) is 12.2. The lowest BCUT2D eigenvalue weighted by Crippen LogP contribution is -2.41. The fourth-order valence-electron chi connectivity index (χ4n) is 2.54. The molecule has 4 nitrogen and oxygen atoms in total. The average molecular weight is 333 g/mol. The van der Waals surface area contributed by atoms with Crippen LogP contribution in [0.15, 0.2) is 24.3 Å². The Labute approximate surface area is 137 Å². The highest BCUT2D eigenvalue weighted by Gasteiger charge is 2.27. The van der Waals surface area contributed by atoms with Crippen LogP contribution >= 0.6 is 24.0 Å². The maximum absolute atomic E-state index is 12.2. The molecule has 1 aromatic rings. The summed E-state index contributed by atoms with van der Waals surface area (Å²) in [4.78, 5) is 14.1. The molecule has 1 fully saturated rings. The molecule has 21 heavy (non-hydrogen) atoms. The molecule has 0 spiro atoms. The number of likely N-dealkylation sites (tertiary alicyclic amines) is 1. The van der Waals surface area contributed by atoms with Crippen LogP contribution in [0.1, 0.15) is 19.3 Å². The van der Waals surface area contributed by atoms with E-state index in [2.05, 4.69) is 5.32 Å². The summed E-state index contributed by atoms with van der Waals surface area (Å²) in [7, 11) is 1.92. The number of carbonyl (C=O) groups excluding carboxylic acids is 1. The number of halogens is 2. The predicted molar refractivity (Wildman–Crippen MR) is 87.5 cm³/mol. The third-order valence-corrected chi connectivity index (χ3v) is 3.79. The SMILES string of the molecule is CNCC1CCCN1C(=O)CCOc1ccc(Cl)cc1.Cl. The van der Waals surface area contributed by atoms with Gasteiger partial charge < -0.3 is 15.0 Å². The number of ether oxygens (including phenoxy) is 1. The van der Waals surface area contributed by atoms with E-state index in [0.717, 1.165) is 31.7 Å². The molecule has 0 radical (unpaired) electrons.